The van der Waals surface area contributed by atoms with Crippen molar-refractivity contribution in [3.8, 4) is 0 Å². The van der Waals surface area contributed by atoms with Crippen molar-refractivity contribution < 1.29 is 14.7 Å². The van der Waals surface area contributed by atoms with Crippen LogP contribution < -0.4 is 0 Å². The molecule has 2 saturated heterocycles. The van der Waals surface area contributed by atoms with E-state index in [2.05, 4.69) is 13.8 Å². The summed E-state index contributed by atoms with van der Waals surface area (Å²) in [7, 11) is 0. The number of carbonyl (C=O) groups excluding carboxylic acids is 1. The number of carboxylic acids is 1. The van der Waals surface area contributed by atoms with Gasteiger partial charge < -0.3 is 10.0 Å². The summed E-state index contributed by atoms with van der Waals surface area (Å²) in [6, 6.07) is 0. The molecule has 0 aromatic carbocycles. The monoisotopic (exact) mass is 282 g/mol. The van der Waals surface area contributed by atoms with Crippen molar-refractivity contribution in [1.29, 1.82) is 0 Å². The highest BCUT2D eigenvalue weighted by atomic mass is 16.4. The average Bonchev–Trinajstić information content (AvgIpc) is 2.69. The molecule has 5 nitrogen and oxygen atoms in total. The Labute approximate surface area is 120 Å². The van der Waals surface area contributed by atoms with Crippen LogP contribution in [-0.2, 0) is 9.59 Å². The van der Waals surface area contributed by atoms with E-state index in [9.17, 15) is 9.59 Å². The van der Waals surface area contributed by atoms with Gasteiger partial charge in [0, 0.05) is 26.2 Å². The van der Waals surface area contributed by atoms with Gasteiger partial charge in [0.2, 0.25) is 5.91 Å². The lowest BCUT2D eigenvalue weighted by Crippen LogP contribution is -2.46. The van der Waals surface area contributed by atoms with Crippen LogP contribution in [0.1, 0.15) is 27.2 Å². The van der Waals surface area contributed by atoms with Crippen LogP contribution in [0.5, 0.6) is 0 Å². The molecule has 0 radical (unpaired) electrons. The van der Waals surface area contributed by atoms with Crippen LogP contribution in [0.25, 0.3) is 0 Å². The van der Waals surface area contributed by atoms with E-state index in [0.717, 1.165) is 13.1 Å². The summed E-state index contributed by atoms with van der Waals surface area (Å²) in [6.45, 7) is 9.59. The van der Waals surface area contributed by atoms with Gasteiger partial charge in [0.05, 0.1) is 12.5 Å². The summed E-state index contributed by atoms with van der Waals surface area (Å²) in [5, 5.41) is 9.13. The van der Waals surface area contributed by atoms with Gasteiger partial charge in [-0.05, 0) is 24.2 Å². The fourth-order valence-corrected chi connectivity index (χ4v) is 3.68. The number of piperidine rings is 1. The van der Waals surface area contributed by atoms with E-state index in [0.29, 0.717) is 31.5 Å². The molecule has 20 heavy (non-hydrogen) atoms. The summed E-state index contributed by atoms with van der Waals surface area (Å²) >= 11 is 0. The van der Waals surface area contributed by atoms with E-state index in [1.807, 2.05) is 16.7 Å². The molecule has 4 unspecified atom stereocenters. The van der Waals surface area contributed by atoms with Crippen LogP contribution in [0, 0.1) is 23.7 Å². The maximum Gasteiger partial charge on any atom is 0.308 e. The van der Waals surface area contributed by atoms with Crippen LogP contribution in [-0.4, -0.2) is 59.5 Å². The van der Waals surface area contributed by atoms with Gasteiger partial charge in [-0.2, -0.15) is 0 Å². The first-order valence-corrected chi connectivity index (χ1v) is 7.59. The van der Waals surface area contributed by atoms with Crippen molar-refractivity contribution in [2.75, 3.05) is 32.7 Å². The highest BCUT2D eigenvalue weighted by Crippen LogP contribution is 2.24. The van der Waals surface area contributed by atoms with Gasteiger partial charge in [0.25, 0.3) is 0 Å². The second-order valence-electron chi connectivity index (χ2n) is 6.86. The van der Waals surface area contributed by atoms with Crippen LogP contribution in [0.4, 0.5) is 0 Å². The molecule has 2 heterocycles. The molecule has 4 atom stereocenters. The minimum atomic E-state index is -0.743. The molecule has 0 bridgehead atoms. The summed E-state index contributed by atoms with van der Waals surface area (Å²) in [6.07, 6.45) is 1.19. The summed E-state index contributed by atoms with van der Waals surface area (Å²) < 4.78 is 0. The molecule has 0 aliphatic carbocycles. The van der Waals surface area contributed by atoms with Gasteiger partial charge in [-0.1, -0.05) is 20.8 Å². The molecule has 2 fully saturated rings. The van der Waals surface area contributed by atoms with E-state index in [-0.39, 0.29) is 17.7 Å². The number of hydrogen-bond acceptors (Lipinski definition) is 3. The van der Waals surface area contributed by atoms with Crippen LogP contribution in [0.3, 0.4) is 0 Å². The first kappa shape index (κ1) is 15.3. The minimum absolute atomic E-state index is 0.125. The lowest BCUT2D eigenvalue weighted by Gasteiger charge is -2.35. The Bertz CT molecular complexity index is 375. The van der Waals surface area contributed by atoms with Crippen LogP contribution in [0.15, 0.2) is 0 Å². The number of carboxylic acid groups (broad SMARTS) is 1. The van der Waals surface area contributed by atoms with Crippen molar-refractivity contribution in [3.05, 3.63) is 0 Å². The zero-order chi connectivity index (χ0) is 14.9. The van der Waals surface area contributed by atoms with Crippen molar-refractivity contribution in [2.24, 2.45) is 23.7 Å². The van der Waals surface area contributed by atoms with E-state index in [4.69, 9.17) is 5.11 Å². The van der Waals surface area contributed by atoms with Gasteiger partial charge in [-0.3, -0.25) is 14.5 Å². The SMILES string of the molecule is CC1CC(C)CN(C(=O)CN2CC(C)C(C(=O)O)C2)C1. The molecule has 2 rings (SSSR count). The summed E-state index contributed by atoms with van der Waals surface area (Å²) in [5.74, 6) is 0.328. The number of carbonyl (C=O) groups is 2. The first-order chi connectivity index (χ1) is 9.36. The van der Waals surface area contributed by atoms with Gasteiger partial charge in [-0.25, -0.2) is 0 Å². The van der Waals surface area contributed by atoms with Gasteiger partial charge in [-0.15, -0.1) is 0 Å². The molecular weight excluding hydrogens is 256 g/mol. The van der Waals surface area contributed by atoms with E-state index < -0.39 is 5.97 Å². The first-order valence-electron chi connectivity index (χ1n) is 7.59. The second-order valence-corrected chi connectivity index (χ2v) is 6.86. The summed E-state index contributed by atoms with van der Waals surface area (Å²) in [4.78, 5) is 27.4. The van der Waals surface area contributed by atoms with Crippen LogP contribution >= 0.6 is 0 Å². The van der Waals surface area contributed by atoms with Crippen LogP contribution in [0.2, 0.25) is 0 Å². The lowest BCUT2D eigenvalue weighted by atomic mass is 9.92. The number of amides is 1. The summed E-state index contributed by atoms with van der Waals surface area (Å²) in [5.41, 5.74) is 0. The average molecular weight is 282 g/mol. The third-order valence-electron chi connectivity index (χ3n) is 4.59. The topological polar surface area (TPSA) is 60.9 Å². The fraction of sp³-hybridized carbons (Fsp3) is 0.867. The van der Waals surface area contributed by atoms with E-state index in [1.54, 1.807) is 0 Å². The van der Waals surface area contributed by atoms with E-state index in [1.165, 1.54) is 6.42 Å². The Kier molecular flexibility index (Phi) is 4.68. The van der Waals surface area contributed by atoms with Gasteiger partial charge in [0.15, 0.2) is 0 Å². The van der Waals surface area contributed by atoms with Gasteiger partial charge in [0.1, 0.15) is 0 Å². The third kappa shape index (κ3) is 3.51. The lowest BCUT2D eigenvalue weighted by molar-refractivity contribution is -0.142. The fourth-order valence-electron chi connectivity index (χ4n) is 3.68. The number of nitrogens with zero attached hydrogens (tertiary/aromatic N) is 2. The molecule has 0 saturated carbocycles. The maximum atomic E-state index is 12.4. The molecule has 2 aliphatic rings. The van der Waals surface area contributed by atoms with Crippen molar-refractivity contribution in [2.45, 2.75) is 27.2 Å². The number of likely N-dealkylation sites (tertiary alicyclic amines) is 2. The maximum absolute atomic E-state index is 12.4. The Morgan fingerprint density at radius 1 is 1.05 bits per heavy atom. The molecule has 1 N–H and O–H groups in total. The zero-order valence-corrected chi connectivity index (χ0v) is 12.7. The molecule has 0 aromatic rings. The minimum Gasteiger partial charge on any atom is -0.481 e. The second kappa shape index (κ2) is 6.12. The molecule has 0 spiro atoms. The highest BCUT2D eigenvalue weighted by molar-refractivity contribution is 5.78. The van der Waals surface area contributed by atoms with E-state index >= 15 is 0 Å². The Morgan fingerprint density at radius 2 is 1.65 bits per heavy atom. The number of rotatable bonds is 3. The predicted octanol–water partition coefficient (Wildman–Crippen LogP) is 1.14. The Balaban J connectivity index is 1.87. The standard InChI is InChI=1S/C15H26N2O3/c1-10-4-11(2)6-17(5-10)14(18)9-16-7-12(3)13(8-16)15(19)20/h10-13H,4-9H2,1-3H3,(H,19,20). The Morgan fingerprint density at radius 3 is 2.15 bits per heavy atom. The van der Waals surface area contributed by atoms with Crippen molar-refractivity contribution in [1.82, 2.24) is 9.80 Å². The number of hydrogen-bond donors (Lipinski definition) is 1. The van der Waals surface area contributed by atoms with Crippen molar-refractivity contribution >= 4 is 11.9 Å². The largest absolute Gasteiger partial charge is 0.481 e. The molecular formula is C15H26N2O3. The molecule has 0 aromatic heterocycles. The smallest absolute Gasteiger partial charge is 0.308 e. The van der Waals surface area contributed by atoms with Crippen molar-refractivity contribution in [3.63, 3.8) is 0 Å². The zero-order valence-electron chi connectivity index (χ0n) is 12.7. The molecule has 114 valence electrons. The highest BCUT2D eigenvalue weighted by Gasteiger charge is 2.36. The van der Waals surface area contributed by atoms with Gasteiger partial charge >= 0.3 is 5.97 Å². The molecule has 5 heteroatoms. The normalized spacial score (nSPS) is 35.2. The quantitative estimate of drug-likeness (QED) is 0.843. The third-order valence-corrected chi connectivity index (χ3v) is 4.59. The predicted molar refractivity (Wildman–Crippen MR) is 76.3 cm³/mol. The number of aliphatic carboxylic acids is 1. The molecule has 2 aliphatic heterocycles. The Hall–Kier alpha value is -1.10. The molecule has 1 amide bonds.